The van der Waals surface area contributed by atoms with E-state index in [0.717, 1.165) is 28.2 Å². The maximum Gasteiger partial charge on any atom is 0.167 e. The summed E-state index contributed by atoms with van der Waals surface area (Å²) in [7, 11) is 0. The Kier molecular flexibility index (Phi) is 5.25. The maximum absolute atomic E-state index is 4.92. The third-order valence-electron chi connectivity index (χ3n) is 7.02. The second-order valence-electron chi connectivity index (χ2n) is 9.35. The van der Waals surface area contributed by atoms with Crippen LogP contribution >= 0.6 is 0 Å². The third-order valence-corrected chi connectivity index (χ3v) is 7.02. The average Bonchev–Trinajstić information content (AvgIpc) is 3.42. The van der Waals surface area contributed by atoms with Gasteiger partial charge in [-0.2, -0.15) is 5.10 Å². The molecule has 0 spiro atoms. The largest absolute Gasteiger partial charge is 0.321 e. The van der Waals surface area contributed by atoms with Gasteiger partial charge in [0.1, 0.15) is 12.0 Å². The lowest BCUT2D eigenvalue weighted by atomic mass is 9.94. The molecular weight excluding hydrogens is 418 g/mol. The summed E-state index contributed by atoms with van der Waals surface area (Å²) in [4.78, 5) is 9.73. The molecule has 0 atom stereocenters. The van der Waals surface area contributed by atoms with E-state index >= 15 is 0 Å². The van der Waals surface area contributed by atoms with E-state index in [2.05, 4.69) is 78.2 Å². The van der Waals surface area contributed by atoms with Gasteiger partial charge in [-0.1, -0.05) is 79.9 Å². The van der Waals surface area contributed by atoms with E-state index in [4.69, 9.17) is 15.1 Å². The predicted octanol–water partition coefficient (Wildman–Crippen LogP) is 7.07. The van der Waals surface area contributed by atoms with Crippen LogP contribution in [0.15, 0.2) is 73.1 Å². The van der Waals surface area contributed by atoms with Crippen LogP contribution in [0.3, 0.4) is 0 Å². The van der Waals surface area contributed by atoms with Gasteiger partial charge in [-0.05, 0) is 43.9 Å². The molecule has 6 rings (SSSR count). The zero-order chi connectivity index (χ0) is 23.1. The van der Waals surface area contributed by atoms with Gasteiger partial charge in [0.2, 0.25) is 0 Å². The maximum atomic E-state index is 4.92. The molecule has 170 valence electrons. The first kappa shape index (κ1) is 20.8. The Morgan fingerprint density at radius 3 is 2.12 bits per heavy atom. The van der Waals surface area contributed by atoms with Crippen LogP contribution in [-0.4, -0.2) is 24.3 Å². The standard InChI is InChI=1S/C29H29N5/c1-20-18-21(2)34(32-20)29-26-25(22-12-6-3-7-13-22)27(23-14-8-4-9-15-23)33(28(26)30-19-31-29)24-16-10-5-11-17-24/h3-4,6-9,12-15,18-19,24H,5,10-11,16-17H2,1-2H3. The Balaban J connectivity index is 1.78. The molecule has 0 amide bonds. The van der Waals surface area contributed by atoms with Crippen molar-refractivity contribution in [2.75, 3.05) is 0 Å². The topological polar surface area (TPSA) is 48.5 Å². The van der Waals surface area contributed by atoms with Gasteiger partial charge in [0.05, 0.1) is 16.8 Å². The monoisotopic (exact) mass is 447 g/mol. The van der Waals surface area contributed by atoms with Crippen molar-refractivity contribution in [2.45, 2.75) is 52.0 Å². The molecule has 1 fully saturated rings. The highest BCUT2D eigenvalue weighted by Gasteiger charge is 2.29. The Bertz CT molecular complexity index is 1440. The van der Waals surface area contributed by atoms with Gasteiger partial charge in [0.25, 0.3) is 0 Å². The Morgan fingerprint density at radius 1 is 0.794 bits per heavy atom. The zero-order valence-electron chi connectivity index (χ0n) is 19.8. The summed E-state index contributed by atoms with van der Waals surface area (Å²) in [5, 5.41) is 5.88. The molecule has 0 unspecified atom stereocenters. The fourth-order valence-corrected chi connectivity index (χ4v) is 5.58. The van der Waals surface area contributed by atoms with E-state index in [-0.39, 0.29) is 0 Å². The summed E-state index contributed by atoms with van der Waals surface area (Å²) in [5.41, 5.74) is 7.88. The number of aromatic nitrogens is 5. The van der Waals surface area contributed by atoms with Crippen molar-refractivity contribution in [1.29, 1.82) is 0 Å². The molecule has 0 bridgehead atoms. The van der Waals surface area contributed by atoms with E-state index in [1.54, 1.807) is 6.33 Å². The summed E-state index contributed by atoms with van der Waals surface area (Å²) in [6.45, 7) is 4.12. The molecule has 34 heavy (non-hydrogen) atoms. The number of nitrogens with zero attached hydrogens (tertiary/aromatic N) is 5. The first-order valence-electron chi connectivity index (χ1n) is 12.3. The van der Waals surface area contributed by atoms with Crippen LogP contribution in [-0.2, 0) is 0 Å². The van der Waals surface area contributed by atoms with Crippen LogP contribution in [0.1, 0.15) is 49.5 Å². The molecule has 0 N–H and O–H groups in total. The fraction of sp³-hybridized carbons (Fsp3) is 0.276. The molecule has 5 aromatic rings. The van der Waals surface area contributed by atoms with Gasteiger partial charge in [-0.25, -0.2) is 14.6 Å². The predicted molar refractivity (Wildman–Crippen MR) is 137 cm³/mol. The first-order valence-corrected chi connectivity index (χ1v) is 12.3. The lowest BCUT2D eigenvalue weighted by Crippen LogP contribution is -2.14. The molecule has 3 aromatic heterocycles. The number of benzene rings is 2. The number of hydrogen-bond acceptors (Lipinski definition) is 3. The van der Waals surface area contributed by atoms with Gasteiger partial charge in [-0.15, -0.1) is 0 Å². The zero-order valence-corrected chi connectivity index (χ0v) is 19.8. The average molecular weight is 448 g/mol. The van der Waals surface area contributed by atoms with E-state index < -0.39 is 0 Å². The minimum Gasteiger partial charge on any atom is -0.321 e. The molecule has 5 nitrogen and oxygen atoms in total. The molecular formula is C29H29N5. The molecule has 0 aliphatic heterocycles. The van der Waals surface area contributed by atoms with Crippen LogP contribution in [0.5, 0.6) is 0 Å². The van der Waals surface area contributed by atoms with Crippen molar-refractivity contribution < 1.29 is 0 Å². The summed E-state index contributed by atoms with van der Waals surface area (Å²) in [5.74, 6) is 0.848. The molecule has 0 saturated heterocycles. The Labute approximate surface area is 200 Å². The Morgan fingerprint density at radius 2 is 1.47 bits per heavy atom. The van der Waals surface area contributed by atoms with Crippen LogP contribution in [0, 0.1) is 13.8 Å². The Hall–Kier alpha value is -3.73. The smallest absolute Gasteiger partial charge is 0.167 e. The molecule has 1 saturated carbocycles. The molecule has 5 heteroatoms. The summed E-state index contributed by atoms with van der Waals surface area (Å²) >= 11 is 0. The van der Waals surface area contributed by atoms with Crippen molar-refractivity contribution in [2.24, 2.45) is 0 Å². The van der Waals surface area contributed by atoms with E-state index in [9.17, 15) is 0 Å². The second-order valence-corrected chi connectivity index (χ2v) is 9.35. The lowest BCUT2D eigenvalue weighted by Gasteiger charge is -2.26. The number of aryl methyl sites for hydroxylation is 2. The highest BCUT2D eigenvalue weighted by Crippen LogP contribution is 2.46. The van der Waals surface area contributed by atoms with Crippen molar-refractivity contribution in [1.82, 2.24) is 24.3 Å². The van der Waals surface area contributed by atoms with E-state index in [1.165, 1.54) is 54.5 Å². The number of rotatable bonds is 4. The molecule has 2 aromatic carbocycles. The van der Waals surface area contributed by atoms with Gasteiger partial charge in [0.15, 0.2) is 5.82 Å². The highest BCUT2D eigenvalue weighted by atomic mass is 15.3. The lowest BCUT2D eigenvalue weighted by molar-refractivity contribution is 0.362. The van der Waals surface area contributed by atoms with Crippen LogP contribution in [0.2, 0.25) is 0 Å². The minimum atomic E-state index is 0.423. The van der Waals surface area contributed by atoms with Crippen molar-refractivity contribution >= 4 is 11.0 Å². The second kappa shape index (κ2) is 8.56. The minimum absolute atomic E-state index is 0.423. The van der Waals surface area contributed by atoms with E-state index in [1.807, 2.05) is 11.6 Å². The van der Waals surface area contributed by atoms with Crippen LogP contribution in [0.25, 0.3) is 39.2 Å². The molecule has 3 heterocycles. The SMILES string of the molecule is Cc1cc(C)n(-c2ncnc3c2c(-c2ccccc2)c(-c2ccccc2)n3C2CCCCC2)n1. The van der Waals surface area contributed by atoms with Gasteiger partial charge in [0, 0.05) is 17.3 Å². The quantitative estimate of drug-likeness (QED) is 0.296. The highest BCUT2D eigenvalue weighted by molar-refractivity contribution is 6.06. The molecule has 0 radical (unpaired) electrons. The van der Waals surface area contributed by atoms with Crippen LogP contribution in [0.4, 0.5) is 0 Å². The summed E-state index contributed by atoms with van der Waals surface area (Å²) in [6, 6.07) is 24.0. The first-order chi connectivity index (χ1) is 16.7. The summed E-state index contributed by atoms with van der Waals surface area (Å²) in [6.07, 6.45) is 7.89. The van der Waals surface area contributed by atoms with Gasteiger partial charge >= 0.3 is 0 Å². The van der Waals surface area contributed by atoms with Crippen LogP contribution < -0.4 is 0 Å². The van der Waals surface area contributed by atoms with Gasteiger partial charge < -0.3 is 4.57 Å². The van der Waals surface area contributed by atoms with Crippen molar-refractivity contribution in [3.05, 3.63) is 84.4 Å². The molecule has 1 aliphatic carbocycles. The fourth-order valence-electron chi connectivity index (χ4n) is 5.58. The normalized spacial score (nSPS) is 14.6. The number of fused-ring (bicyclic) bond motifs is 1. The molecule has 1 aliphatic rings. The summed E-state index contributed by atoms with van der Waals surface area (Å²) < 4.78 is 4.49. The number of hydrogen-bond donors (Lipinski definition) is 0. The van der Waals surface area contributed by atoms with E-state index in [0.29, 0.717) is 6.04 Å². The van der Waals surface area contributed by atoms with Crippen molar-refractivity contribution in [3.63, 3.8) is 0 Å². The van der Waals surface area contributed by atoms with Crippen molar-refractivity contribution in [3.8, 4) is 28.2 Å². The van der Waals surface area contributed by atoms with Gasteiger partial charge in [-0.3, -0.25) is 0 Å². The third kappa shape index (κ3) is 3.43.